The molecular formula is C101H143BrN6O26. The lowest BCUT2D eigenvalue weighted by Gasteiger charge is -2.30. The number of hydrogen-bond donors (Lipinski definition) is 4. The highest BCUT2D eigenvalue weighted by atomic mass is 79.9. The molecule has 0 bridgehead atoms. The SMILES string of the molecule is COC(=O)[C@@H](OC(C)(C)C)c1c(C)c(N)cc(C)c1-c1ccc2c(c1)CCCO2.COC(=O)[C@@H](OC(C)(C)C)c1c(C)c(N)cc(C)c1Br.COC(=O)[C@@H](OC(C)(C)C)c1cc(C)c(C)c([N+](=O)[O-])c1C.COC(=O)[C@@H](OC(C)(C)C)c1cc(C)c(C)c([N+](=O)[O-])c1C.COC(=O)[C@@H](OC(C)(C)C)c1cc(C)c(O)c([N+](=O)[O-])c1C.COC(=O)[C@@H](OC(C)(C)C)c1cc(C)cc(N)c1C. The summed E-state index contributed by atoms with van der Waals surface area (Å²) in [5.41, 5.74) is 32.5. The van der Waals surface area contributed by atoms with Crippen LogP contribution in [-0.2, 0) is 92.0 Å². The molecule has 7 N–H and O–H groups in total. The molecule has 0 spiro atoms. The van der Waals surface area contributed by atoms with E-state index >= 15 is 0 Å². The molecule has 0 aromatic heterocycles. The standard InChI is InChI=1S/C24H31NO4.2C16H23NO5.C15H22BrNO3.C15H21NO6.C15H23NO3/c1-14-12-18(25)15(2)21(22(23(26)27-6)29-24(3,4)5)20(14)17-9-10-19-16(13-17)8-7-11-28-19;2*1-9-8-12(11(3)13(10(9)2)17(19)20)14(15(18)21-7)22-16(4,5)6;1-8-7-10(17)9(2)11(12(8)16)13(14(18)19-6)20-15(3,4)5;1-8-7-10(9(2)11(12(8)17)16(19)20)13(14(18)21-6)22-15(3,4)5;1-9-7-11(10(2)12(16)8-9)13(14(17)18-6)19-15(3,4)5/h9-10,12-13,22H,7-8,11,25H2,1-6H3;2*8,14H,1-7H3;7,13H,17H2,1-6H3;7,13,17H,1-6H3;7-8,13H,16H2,1-6H3/t22-;2*14-;3*13-/m000000/s1. The summed E-state index contributed by atoms with van der Waals surface area (Å²) in [6.07, 6.45) is -3.56. The first-order valence-corrected chi connectivity index (χ1v) is 44.2. The molecular weight excluding hydrogens is 1790 g/mol. The first kappa shape index (κ1) is 117. The van der Waals surface area contributed by atoms with Crippen molar-refractivity contribution in [2.45, 2.75) is 305 Å². The van der Waals surface area contributed by atoms with Gasteiger partial charge in [0.25, 0.3) is 11.4 Å². The van der Waals surface area contributed by atoms with E-state index in [1.54, 1.807) is 74.4 Å². The Balaban J connectivity index is 0.000000417. The van der Waals surface area contributed by atoms with Gasteiger partial charge in [-0.3, -0.25) is 30.3 Å². The molecule has 6 atom stereocenters. The van der Waals surface area contributed by atoms with Gasteiger partial charge < -0.3 is 83.9 Å². The summed E-state index contributed by atoms with van der Waals surface area (Å²) >= 11 is 3.53. The highest BCUT2D eigenvalue weighted by Crippen LogP contribution is 2.46. The van der Waals surface area contributed by atoms with Gasteiger partial charge in [-0.1, -0.05) is 40.2 Å². The van der Waals surface area contributed by atoms with Crippen LogP contribution in [0.5, 0.6) is 11.5 Å². The molecule has 32 nitrogen and oxygen atoms in total. The number of rotatable bonds is 22. The van der Waals surface area contributed by atoms with Crippen LogP contribution >= 0.6 is 15.9 Å². The average molecular weight is 1940 g/mol. The van der Waals surface area contributed by atoms with Gasteiger partial charge in [-0.05, 0) is 343 Å². The number of fused-ring (bicyclic) bond motifs is 1. The molecule has 7 aromatic carbocycles. The number of halogens is 1. The van der Waals surface area contributed by atoms with Crippen molar-refractivity contribution in [1.29, 1.82) is 0 Å². The van der Waals surface area contributed by atoms with Crippen molar-refractivity contribution in [3.05, 3.63) is 212 Å². The summed E-state index contributed by atoms with van der Waals surface area (Å²) in [7, 11) is 7.85. The van der Waals surface area contributed by atoms with E-state index in [-0.39, 0.29) is 16.9 Å². The number of nitrogen functional groups attached to an aromatic ring is 3. The minimum Gasteiger partial charge on any atom is -0.502 e. The zero-order chi connectivity index (χ0) is 104. The molecule has 0 saturated heterocycles. The normalized spacial score (nSPS) is 13.3. The Hall–Kier alpha value is -11.2. The van der Waals surface area contributed by atoms with Gasteiger partial charge in [0.1, 0.15) is 5.75 Å². The number of methoxy groups -OCH3 is 6. The van der Waals surface area contributed by atoms with Crippen LogP contribution in [0.2, 0.25) is 0 Å². The lowest BCUT2D eigenvalue weighted by Crippen LogP contribution is -2.29. The number of aromatic hydroxyl groups is 1. The van der Waals surface area contributed by atoms with Crippen molar-refractivity contribution in [3.8, 4) is 22.6 Å². The largest absolute Gasteiger partial charge is 0.502 e. The Labute approximate surface area is 797 Å². The van der Waals surface area contributed by atoms with Crippen molar-refractivity contribution in [1.82, 2.24) is 0 Å². The summed E-state index contributed by atoms with van der Waals surface area (Å²) < 4.78 is 71.0. The van der Waals surface area contributed by atoms with Crippen LogP contribution < -0.4 is 21.9 Å². The third-order valence-electron chi connectivity index (χ3n) is 21.0. The lowest BCUT2D eigenvalue weighted by atomic mass is 9.86. The lowest BCUT2D eigenvalue weighted by molar-refractivity contribution is -0.386. The fraction of sp³-hybridized carbons (Fsp3) is 0.525. The van der Waals surface area contributed by atoms with Gasteiger partial charge in [0.15, 0.2) is 42.4 Å². The molecule has 0 amide bonds. The van der Waals surface area contributed by atoms with Crippen LogP contribution in [-0.4, -0.2) is 139 Å². The summed E-state index contributed by atoms with van der Waals surface area (Å²) in [6, 6.07) is 18.8. The second-order valence-corrected chi connectivity index (χ2v) is 39.4. The number of carbonyl (C=O) groups is 6. The number of nitro benzene ring substituents is 3. The number of nitrogens with zero attached hydrogens (tertiary/aromatic N) is 3. The molecule has 0 aliphatic carbocycles. The smallest absolute Gasteiger partial charge is 0.339 e. The van der Waals surface area contributed by atoms with Crippen LogP contribution in [0.25, 0.3) is 11.1 Å². The molecule has 0 fully saturated rings. The number of ether oxygens (including phenoxy) is 13. The van der Waals surface area contributed by atoms with Crippen molar-refractivity contribution >= 4 is 85.9 Å². The van der Waals surface area contributed by atoms with E-state index < -0.39 is 132 Å². The van der Waals surface area contributed by atoms with Crippen LogP contribution in [0.3, 0.4) is 0 Å². The third kappa shape index (κ3) is 32.5. The molecule has 134 heavy (non-hydrogen) atoms. The molecule has 0 unspecified atom stereocenters. The van der Waals surface area contributed by atoms with Gasteiger partial charge in [-0.25, -0.2) is 28.8 Å². The number of nitrogens with two attached hydrogens (primary N) is 3. The maximum Gasteiger partial charge on any atom is 0.339 e. The Morgan fingerprint density at radius 2 is 0.657 bits per heavy atom. The maximum absolute atomic E-state index is 12.8. The number of carbonyl (C=O) groups excluding carboxylic acids is 6. The van der Waals surface area contributed by atoms with Gasteiger partial charge in [0.05, 0.1) is 97.6 Å². The fourth-order valence-corrected chi connectivity index (χ4v) is 15.0. The number of anilines is 3. The van der Waals surface area contributed by atoms with Crippen molar-refractivity contribution < 1.29 is 110 Å². The molecule has 0 saturated carbocycles. The van der Waals surface area contributed by atoms with Crippen LogP contribution in [0, 0.1) is 127 Å². The van der Waals surface area contributed by atoms with Gasteiger partial charge in [0, 0.05) is 77.2 Å². The molecule has 1 heterocycles. The number of nitro groups is 3. The van der Waals surface area contributed by atoms with E-state index in [1.165, 1.54) is 68.1 Å². The predicted octanol–water partition coefficient (Wildman–Crippen LogP) is 21.5. The first-order chi connectivity index (χ1) is 61.3. The average Bonchev–Trinajstić information content (AvgIpc) is 0.810. The van der Waals surface area contributed by atoms with E-state index in [2.05, 4.69) is 22.0 Å². The van der Waals surface area contributed by atoms with E-state index in [9.17, 15) is 64.2 Å². The third-order valence-corrected chi connectivity index (χ3v) is 22.0. The second kappa shape index (κ2) is 48.3. The highest BCUT2D eigenvalue weighted by Gasteiger charge is 2.40. The zero-order valence-electron chi connectivity index (χ0n) is 85.5. The maximum atomic E-state index is 12.8. The number of hydrogen-bond acceptors (Lipinski definition) is 29. The quantitative estimate of drug-likeness (QED) is 0.0161. The first-order valence-electron chi connectivity index (χ1n) is 43.4. The minimum absolute atomic E-state index is 0.0152. The number of aryl methyl sites for hydroxylation is 7. The van der Waals surface area contributed by atoms with Gasteiger partial charge in [0.2, 0.25) is 0 Å². The molecule has 1 aliphatic rings. The van der Waals surface area contributed by atoms with Crippen molar-refractivity contribution in [2.75, 3.05) is 66.5 Å². The van der Waals surface area contributed by atoms with Gasteiger partial charge in [-0.15, -0.1) is 0 Å². The second-order valence-electron chi connectivity index (χ2n) is 38.6. The molecule has 33 heteroatoms. The molecule has 8 rings (SSSR count). The number of benzene rings is 7. The van der Waals surface area contributed by atoms with Crippen molar-refractivity contribution in [2.24, 2.45) is 0 Å². The van der Waals surface area contributed by atoms with Crippen LogP contribution in [0.4, 0.5) is 34.1 Å². The topological polar surface area (TPSA) is 450 Å². The van der Waals surface area contributed by atoms with Gasteiger partial charge >= 0.3 is 41.5 Å². The van der Waals surface area contributed by atoms with Crippen LogP contribution in [0.15, 0.2) is 65.1 Å². The summed E-state index contributed by atoms with van der Waals surface area (Å²) in [4.78, 5) is 105. The molecule has 7 aromatic rings. The summed E-state index contributed by atoms with van der Waals surface area (Å²) in [5.74, 6) is -2.57. The van der Waals surface area contributed by atoms with E-state index in [0.717, 1.165) is 102 Å². The summed E-state index contributed by atoms with van der Waals surface area (Å²) in [5, 5.41) is 43.8. The Kier molecular flexibility index (Phi) is 42.2. The summed E-state index contributed by atoms with van der Waals surface area (Å²) in [6.45, 7) is 58.8. The Bertz CT molecular complexity index is 5140. The van der Waals surface area contributed by atoms with Crippen molar-refractivity contribution in [3.63, 3.8) is 0 Å². The molecule has 740 valence electrons. The highest BCUT2D eigenvalue weighted by molar-refractivity contribution is 9.10. The van der Waals surface area contributed by atoms with Gasteiger partial charge in [-0.2, -0.15) is 0 Å². The minimum atomic E-state index is -1.11. The monoisotopic (exact) mass is 1930 g/mol. The van der Waals surface area contributed by atoms with Crippen LogP contribution in [0.1, 0.15) is 285 Å². The Morgan fingerprint density at radius 3 is 0.993 bits per heavy atom. The number of esters is 6. The molecule has 0 radical (unpaired) electrons. The number of phenolic OH excluding ortho intramolecular Hbond substituents is 1. The zero-order valence-corrected chi connectivity index (χ0v) is 87.0. The van der Waals surface area contributed by atoms with E-state index in [1.807, 2.05) is 182 Å². The van der Waals surface area contributed by atoms with E-state index in [4.69, 9.17) is 78.8 Å². The number of phenols is 1. The predicted molar refractivity (Wildman–Crippen MR) is 520 cm³/mol. The van der Waals surface area contributed by atoms with E-state index in [0.29, 0.717) is 61.6 Å². The molecule has 1 aliphatic heterocycles. The Morgan fingerprint density at radius 1 is 0.366 bits per heavy atom. The fourth-order valence-electron chi connectivity index (χ4n) is 14.4.